The van der Waals surface area contributed by atoms with Crippen molar-refractivity contribution >= 4 is 23.2 Å². The van der Waals surface area contributed by atoms with Crippen molar-refractivity contribution in [1.82, 2.24) is 14.7 Å². The van der Waals surface area contributed by atoms with Gasteiger partial charge in [0.05, 0.1) is 22.4 Å². The van der Waals surface area contributed by atoms with Gasteiger partial charge in [-0.1, -0.05) is 17.7 Å². The van der Waals surface area contributed by atoms with Crippen LogP contribution in [0.5, 0.6) is 0 Å². The molecule has 0 aliphatic rings. The number of hydrogen-bond donors (Lipinski definition) is 0. The number of nitrogens with zero attached hydrogens (tertiary/aromatic N) is 4. The number of carbonyl (C=O) groups is 1. The van der Waals surface area contributed by atoms with E-state index < -0.39 is 4.92 Å². The Labute approximate surface area is 119 Å². The van der Waals surface area contributed by atoms with Crippen LogP contribution in [0.2, 0.25) is 5.15 Å². The van der Waals surface area contributed by atoms with Crippen molar-refractivity contribution in [2.45, 2.75) is 0 Å². The quantitative estimate of drug-likeness (QED) is 0.641. The van der Waals surface area contributed by atoms with E-state index in [0.717, 1.165) is 0 Å². The Hall–Kier alpha value is -2.41. The predicted molar refractivity (Wildman–Crippen MR) is 73.2 cm³/mol. The number of aromatic nitrogens is 2. The zero-order chi connectivity index (χ0) is 14.9. The number of nitro groups is 1. The van der Waals surface area contributed by atoms with Crippen LogP contribution in [-0.4, -0.2) is 39.6 Å². The SMILES string of the molecule is CN(C)C(=O)c1cnn(-c2cccc([N+](=O)[O-])c2)c1Cl. The second kappa shape index (κ2) is 5.30. The molecule has 8 heteroatoms. The molecule has 1 aromatic carbocycles. The molecule has 0 unspecified atom stereocenters. The van der Waals surface area contributed by atoms with Crippen LogP contribution in [0.1, 0.15) is 10.4 Å². The van der Waals surface area contributed by atoms with Crippen LogP contribution < -0.4 is 0 Å². The summed E-state index contributed by atoms with van der Waals surface area (Å²) in [7, 11) is 3.20. The summed E-state index contributed by atoms with van der Waals surface area (Å²) in [5.74, 6) is -0.285. The molecule has 0 N–H and O–H groups in total. The highest BCUT2D eigenvalue weighted by Gasteiger charge is 2.19. The monoisotopic (exact) mass is 294 g/mol. The highest BCUT2D eigenvalue weighted by atomic mass is 35.5. The van der Waals surface area contributed by atoms with Crippen LogP contribution in [0, 0.1) is 10.1 Å². The Morgan fingerprint density at radius 1 is 1.45 bits per heavy atom. The molecule has 104 valence electrons. The minimum Gasteiger partial charge on any atom is -0.345 e. The van der Waals surface area contributed by atoms with E-state index in [1.165, 1.54) is 34.0 Å². The Morgan fingerprint density at radius 3 is 2.75 bits per heavy atom. The molecule has 0 saturated carbocycles. The molecule has 20 heavy (non-hydrogen) atoms. The van der Waals surface area contributed by atoms with Crippen molar-refractivity contribution in [1.29, 1.82) is 0 Å². The van der Waals surface area contributed by atoms with Gasteiger partial charge in [0.2, 0.25) is 0 Å². The first-order valence-electron chi connectivity index (χ1n) is 5.62. The number of benzene rings is 1. The number of halogens is 1. The molecule has 0 radical (unpaired) electrons. The lowest BCUT2D eigenvalue weighted by Gasteiger charge is -2.09. The Kier molecular flexibility index (Phi) is 3.71. The molecule has 2 aromatic rings. The summed E-state index contributed by atoms with van der Waals surface area (Å²) in [5, 5.41) is 14.9. The van der Waals surface area contributed by atoms with E-state index in [2.05, 4.69) is 5.10 Å². The van der Waals surface area contributed by atoms with Crippen molar-refractivity contribution in [3.8, 4) is 5.69 Å². The molecule has 0 fully saturated rings. The lowest BCUT2D eigenvalue weighted by Crippen LogP contribution is -2.21. The summed E-state index contributed by atoms with van der Waals surface area (Å²) in [6.07, 6.45) is 1.34. The maximum absolute atomic E-state index is 11.9. The largest absolute Gasteiger partial charge is 0.345 e. The van der Waals surface area contributed by atoms with E-state index in [1.807, 2.05) is 0 Å². The molecular formula is C12H11ClN4O3. The van der Waals surface area contributed by atoms with Gasteiger partial charge < -0.3 is 4.90 Å². The number of rotatable bonds is 3. The maximum atomic E-state index is 11.9. The second-order valence-corrected chi connectivity index (χ2v) is 4.60. The topological polar surface area (TPSA) is 81.3 Å². The summed E-state index contributed by atoms with van der Waals surface area (Å²) in [5.41, 5.74) is 0.583. The molecule has 2 rings (SSSR count). The van der Waals surface area contributed by atoms with Gasteiger partial charge in [0.1, 0.15) is 5.15 Å². The molecule has 1 aromatic heterocycles. The van der Waals surface area contributed by atoms with E-state index >= 15 is 0 Å². The van der Waals surface area contributed by atoms with Crippen LogP contribution in [-0.2, 0) is 0 Å². The van der Waals surface area contributed by atoms with Gasteiger partial charge in [-0.05, 0) is 6.07 Å². The minimum absolute atomic E-state index is 0.0745. The van der Waals surface area contributed by atoms with Crippen LogP contribution in [0.25, 0.3) is 5.69 Å². The Morgan fingerprint density at radius 2 is 2.15 bits per heavy atom. The first-order chi connectivity index (χ1) is 9.41. The maximum Gasteiger partial charge on any atom is 0.271 e. The van der Waals surface area contributed by atoms with Gasteiger partial charge >= 0.3 is 0 Å². The molecule has 7 nitrogen and oxygen atoms in total. The fourth-order valence-electron chi connectivity index (χ4n) is 1.64. The van der Waals surface area contributed by atoms with Gasteiger partial charge in [-0.3, -0.25) is 14.9 Å². The van der Waals surface area contributed by atoms with Crippen molar-refractivity contribution in [3.63, 3.8) is 0 Å². The summed E-state index contributed by atoms with van der Waals surface area (Å²) in [6, 6.07) is 5.85. The van der Waals surface area contributed by atoms with Gasteiger partial charge in [0, 0.05) is 26.2 Å². The third kappa shape index (κ3) is 2.48. The van der Waals surface area contributed by atoms with E-state index in [9.17, 15) is 14.9 Å². The molecule has 0 spiro atoms. The van der Waals surface area contributed by atoms with Crippen molar-refractivity contribution in [2.24, 2.45) is 0 Å². The molecule has 1 heterocycles. The molecule has 0 bridgehead atoms. The average Bonchev–Trinajstić information content (AvgIpc) is 2.79. The number of hydrogen-bond acceptors (Lipinski definition) is 4. The first kappa shape index (κ1) is 14.0. The van der Waals surface area contributed by atoms with Gasteiger partial charge in [-0.25, -0.2) is 4.68 Å². The van der Waals surface area contributed by atoms with E-state index in [-0.39, 0.29) is 22.3 Å². The van der Waals surface area contributed by atoms with Gasteiger partial charge in [-0.2, -0.15) is 5.10 Å². The summed E-state index contributed by atoms with van der Waals surface area (Å²) in [6.45, 7) is 0. The minimum atomic E-state index is -0.507. The molecule has 0 aliphatic heterocycles. The summed E-state index contributed by atoms with van der Waals surface area (Å²) < 4.78 is 1.28. The van der Waals surface area contributed by atoms with Crippen molar-refractivity contribution < 1.29 is 9.72 Å². The van der Waals surface area contributed by atoms with E-state index in [4.69, 9.17) is 11.6 Å². The van der Waals surface area contributed by atoms with Crippen LogP contribution >= 0.6 is 11.6 Å². The third-order valence-electron chi connectivity index (χ3n) is 2.63. The summed E-state index contributed by atoms with van der Waals surface area (Å²) in [4.78, 5) is 23.5. The Balaban J connectivity index is 2.47. The van der Waals surface area contributed by atoms with Crippen molar-refractivity contribution in [3.05, 3.63) is 51.3 Å². The number of carbonyl (C=O) groups excluding carboxylic acids is 1. The summed E-state index contributed by atoms with van der Waals surface area (Å²) >= 11 is 6.11. The highest BCUT2D eigenvalue weighted by molar-refractivity contribution is 6.33. The number of non-ortho nitro benzene ring substituents is 1. The lowest BCUT2D eigenvalue weighted by atomic mass is 10.3. The molecule has 0 saturated heterocycles. The molecular weight excluding hydrogens is 284 g/mol. The molecule has 0 aliphatic carbocycles. The van der Waals surface area contributed by atoms with Crippen LogP contribution in [0.15, 0.2) is 30.5 Å². The Bertz CT molecular complexity index is 681. The van der Waals surface area contributed by atoms with Crippen LogP contribution in [0.4, 0.5) is 5.69 Å². The first-order valence-corrected chi connectivity index (χ1v) is 5.99. The third-order valence-corrected chi connectivity index (χ3v) is 3.00. The highest BCUT2D eigenvalue weighted by Crippen LogP contribution is 2.23. The lowest BCUT2D eigenvalue weighted by molar-refractivity contribution is -0.384. The second-order valence-electron chi connectivity index (χ2n) is 4.24. The molecule has 0 atom stereocenters. The van der Waals surface area contributed by atoms with Gasteiger partial charge in [0.15, 0.2) is 0 Å². The normalized spacial score (nSPS) is 10.3. The van der Waals surface area contributed by atoms with E-state index in [1.54, 1.807) is 20.2 Å². The predicted octanol–water partition coefficient (Wildman–Crippen LogP) is 2.14. The fourth-order valence-corrected chi connectivity index (χ4v) is 1.91. The van der Waals surface area contributed by atoms with Crippen LogP contribution in [0.3, 0.4) is 0 Å². The molecule has 1 amide bonds. The fraction of sp³-hybridized carbons (Fsp3) is 0.167. The standard InChI is InChI=1S/C12H11ClN4O3/c1-15(2)12(18)10-7-14-16(11(10)13)8-4-3-5-9(6-8)17(19)20/h3-7H,1-2H3. The van der Waals surface area contributed by atoms with E-state index in [0.29, 0.717) is 5.69 Å². The van der Waals surface area contributed by atoms with Crippen molar-refractivity contribution in [2.75, 3.05) is 14.1 Å². The average molecular weight is 295 g/mol. The zero-order valence-corrected chi connectivity index (χ0v) is 11.5. The zero-order valence-electron chi connectivity index (χ0n) is 10.8. The van der Waals surface area contributed by atoms with Gasteiger partial charge in [-0.15, -0.1) is 0 Å². The number of amides is 1. The number of nitro benzene ring substituents is 1. The van der Waals surface area contributed by atoms with Gasteiger partial charge in [0.25, 0.3) is 11.6 Å². The smallest absolute Gasteiger partial charge is 0.271 e.